The number of nitrogens with one attached hydrogen (secondary N) is 1. The first-order valence-corrected chi connectivity index (χ1v) is 12.7. The fourth-order valence-electron chi connectivity index (χ4n) is 4.56. The molecule has 38 heavy (non-hydrogen) atoms. The minimum Gasteiger partial charge on any atom is -0.454 e. The summed E-state index contributed by atoms with van der Waals surface area (Å²) in [6.45, 7) is 4.19. The molecule has 0 atom stereocenters. The molecule has 1 fully saturated rings. The minimum atomic E-state index is -0.304. The van der Waals surface area contributed by atoms with Gasteiger partial charge in [-0.1, -0.05) is 36.4 Å². The average molecular weight is 509 g/mol. The second-order valence-electron chi connectivity index (χ2n) is 9.73. The highest BCUT2D eigenvalue weighted by molar-refractivity contribution is 6.00. The normalized spacial score (nSPS) is 13.8. The molecule has 0 radical (unpaired) electrons. The Kier molecular flexibility index (Phi) is 6.07. The van der Waals surface area contributed by atoms with Crippen LogP contribution in [0.15, 0.2) is 72.9 Å². The highest BCUT2D eigenvalue weighted by Gasteiger charge is 2.35. The van der Waals surface area contributed by atoms with Crippen molar-refractivity contribution in [2.24, 2.45) is 0 Å². The molecule has 8 heteroatoms. The predicted molar refractivity (Wildman–Crippen MR) is 144 cm³/mol. The Hall–Kier alpha value is -4.59. The number of imidazole rings is 1. The summed E-state index contributed by atoms with van der Waals surface area (Å²) in [4.78, 5) is 33.1. The van der Waals surface area contributed by atoms with Crippen molar-refractivity contribution in [3.8, 4) is 28.4 Å². The van der Waals surface area contributed by atoms with Gasteiger partial charge < -0.3 is 14.4 Å². The van der Waals surface area contributed by atoms with Crippen LogP contribution < -0.4 is 14.8 Å². The van der Waals surface area contributed by atoms with E-state index in [1.165, 1.54) is 5.56 Å². The van der Waals surface area contributed by atoms with Gasteiger partial charge in [-0.05, 0) is 68.1 Å². The molecular weight excluding hydrogens is 480 g/mol. The van der Waals surface area contributed by atoms with Gasteiger partial charge in [0.15, 0.2) is 11.5 Å². The van der Waals surface area contributed by atoms with E-state index in [1.54, 1.807) is 23.1 Å². The van der Waals surface area contributed by atoms with Crippen molar-refractivity contribution >= 4 is 17.8 Å². The number of aryl methyl sites for hydroxylation is 2. The number of amides is 2. The first kappa shape index (κ1) is 23.8. The Bertz CT molecular complexity index is 1520. The molecule has 1 saturated carbocycles. The zero-order chi connectivity index (χ0) is 26.2. The summed E-state index contributed by atoms with van der Waals surface area (Å²) in [7, 11) is 0. The van der Waals surface area contributed by atoms with Crippen LogP contribution in [0.4, 0.5) is 5.95 Å². The van der Waals surface area contributed by atoms with E-state index in [2.05, 4.69) is 31.3 Å². The molecule has 8 nitrogen and oxygen atoms in total. The van der Waals surface area contributed by atoms with Crippen molar-refractivity contribution in [3.63, 3.8) is 0 Å². The van der Waals surface area contributed by atoms with Gasteiger partial charge in [-0.25, -0.2) is 4.98 Å². The molecule has 1 aliphatic carbocycles. The van der Waals surface area contributed by atoms with Crippen molar-refractivity contribution in [1.82, 2.24) is 14.5 Å². The number of aromatic nitrogens is 2. The molecule has 2 amide bonds. The van der Waals surface area contributed by atoms with Crippen LogP contribution in [0.25, 0.3) is 16.9 Å². The van der Waals surface area contributed by atoms with E-state index in [9.17, 15) is 9.59 Å². The van der Waals surface area contributed by atoms with Gasteiger partial charge in [0.05, 0.1) is 5.69 Å². The molecule has 1 aliphatic heterocycles. The summed E-state index contributed by atoms with van der Waals surface area (Å²) in [6.07, 6.45) is 3.67. The van der Waals surface area contributed by atoms with E-state index in [-0.39, 0.29) is 31.2 Å². The summed E-state index contributed by atoms with van der Waals surface area (Å²) < 4.78 is 12.7. The lowest BCUT2D eigenvalue weighted by atomic mass is 10.1. The Labute approximate surface area is 220 Å². The van der Waals surface area contributed by atoms with E-state index in [4.69, 9.17) is 14.5 Å². The molecule has 6 rings (SSSR count). The lowest BCUT2D eigenvalue weighted by Gasteiger charge is -2.22. The number of anilines is 1. The van der Waals surface area contributed by atoms with Gasteiger partial charge in [0.2, 0.25) is 18.6 Å². The third kappa shape index (κ3) is 4.72. The topological polar surface area (TPSA) is 85.7 Å². The van der Waals surface area contributed by atoms with Crippen LogP contribution >= 0.6 is 0 Å². The van der Waals surface area contributed by atoms with Gasteiger partial charge in [-0.15, -0.1) is 0 Å². The Balaban J connectivity index is 1.27. The van der Waals surface area contributed by atoms with Crippen LogP contribution in [0.3, 0.4) is 0 Å². The Morgan fingerprint density at radius 1 is 0.974 bits per heavy atom. The van der Waals surface area contributed by atoms with Crippen molar-refractivity contribution < 1.29 is 19.1 Å². The molecule has 2 aliphatic rings. The fourth-order valence-corrected chi connectivity index (χ4v) is 4.56. The number of fused-ring (bicyclic) bond motifs is 1. The number of benzene rings is 3. The van der Waals surface area contributed by atoms with Crippen LogP contribution in [0.1, 0.15) is 34.3 Å². The third-order valence-corrected chi connectivity index (χ3v) is 6.98. The highest BCUT2D eigenvalue weighted by atomic mass is 16.7. The number of hydrogen-bond donors (Lipinski definition) is 1. The fraction of sp³-hybridized carbons (Fsp3) is 0.233. The molecule has 0 saturated heterocycles. The minimum absolute atomic E-state index is 0.0399. The van der Waals surface area contributed by atoms with Gasteiger partial charge in [0, 0.05) is 29.1 Å². The molecule has 2 heterocycles. The first-order chi connectivity index (χ1) is 18.5. The average Bonchev–Trinajstić information content (AvgIpc) is 3.51. The monoisotopic (exact) mass is 508 g/mol. The van der Waals surface area contributed by atoms with E-state index in [0.29, 0.717) is 23.0 Å². The van der Waals surface area contributed by atoms with Gasteiger partial charge in [0.1, 0.15) is 6.54 Å². The maximum Gasteiger partial charge on any atom is 0.254 e. The molecule has 0 spiro atoms. The molecule has 4 aromatic rings. The summed E-state index contributed by atoms with van der Waals surface area (Å²) in [5, 5.41) is 2.97. The number of carbonyl (C=O) groups is 2. The largest absolute Gasteiger partial charge is 0.454 e. The molecule has 0 bridgehead atoms. The van der Waals surface area contributed by atoms with Gasteiger partial charge in [-0.3, -0.25) is 19.5 Å². The van der Waals surface area contributed by atoms with Gasteiger partial charge in [-0.2, -0.15) is 0 Å². The van der Waals surface area contributed by atoms with Crippen molar-refractivity contribution in [2.75, 3.05) is 18.7 Å². The van der Waals surface area contributed by atoms with E-state index < -0.39 is 0 Å². The lowest BCUT2D eigenvalue weighted by Crippen LogP contribution is -2.39. The SMILES string of the molecule is Cc1ccc(-n2cc(-c3ccccc3)nc2NC(=O)CN(C(=O)c2ccc3c(c2)OCO3)C2CC2)cc1C. The second-order valence-corrected chi connectivity index (χ2v) is 9.73. The smallest absolute Gasteiger partial charge is 0.254 e. The van der Waals surface area contributed by atoms with E-state index >= 15 is 0 Å². The second kappa shape index (κ2) is 9.70. The van der Waals surface area contributed by atoms with Gasteiger partial charge in [0.25, 0.3) is 5.91 Å². The van der Waals surface area contributed by atoms with Crippen LogP contribution in [-0.4, -0.2) is 45.6 Å². The lowest BCUT2D eigenvalue weighted by molar-refractivity contribution is -0.117. The molecule has 1 aromatic heterocycles. The summed E-state index contributed by atoms with van der Waals surface area (Å²) in [5.74, 6) is 1.05. The molecule has 3 aromatic carbocycles. The third-order valence-electron chi connectivity index (χ3n) is 6.98. The predicted octanol–water partition coefficient (Wildman–Crippen LogP) is 5.13. The summed E-state index contributed by atoms with van der Waals surface area (Å²) in [5.41, 5.74) is 5.39. The number of hydrogen-bond acceptors (Lipinski definition) is 5. The van der Waals surface area contributed by atoms with Crippen molar-refractivity contribution in [3.05, 3.63) is 89.6 Å². The first-order valence-electron chi connectivity index (χ1n) is 12.7. The zero-order valence-electron chi connectivity index (χ0n) is 21.3. The molecule has 0 unspecified atom stereocenters. The van der Waals surface area contributed by atoms with Crippen molar-refractivity contribution in [2.45, 2.75) is 32.7 Å². The number of rotatable bonds is 7. The Morgan fingerprint density at radius 2 is 1.76 bits per heavy atom. The maximum atomic E-state index is 13.4. The molecule has 1 N–H and O–H groups in total. The van der Waals surface area contributed by atoms with Crippen LogP contribution in [0.2, 0.25) is 0 Å². The number of nitrogens with zero attached hydrogens (tertiary/aromatic N) is 3. The zero-order valence-corrected chi connectivity index (χ0v) is 21.3. The number of carbonyl (C=O) groups excluding carboxylic acids is 2. The quantitative estimate of drug-likeness (QED) is 0.374. The summed E-state index contributed by atoms with van der Waals surface area (Å²) in [6, 6.07) is 21.1. The standard InChI is InChI=1S/C30H28N4O4/c1-19-8-10-24(14-20(19)2)34-16-25(21-6-4-3-5-7-21)31-30(34)32-28(35)17-33(23-11-12-23)29(36)22-9-13-26-27(15-22)38-18-37-26/h3-10,13-16,23H,11-12,17-18H2,1-2H3,(H,31,32,35). The van der Waals surface area contributed by atoms with Crippen LogP contribution in [0.5, 0.6) is 11.5 Å². The van der Waals surface area contributed by atoms with Crippen LogP contribution in [-0.2, 0) is 4.79 Å². The van der Waals surface area contributed by atoms with Crippen LogP contribution in [0, 0.1) is 13.8 Å². The Morgan fingerprint density at radius 3 is 2.53 bits per heavy atom. The number of ether oxygens (including phenoxy) is 2. The summed E-state index contributed by atoms with van der Waals surface area (Å²) >= 11 is 0. The molecule has 192 valence electrons. The maximum absolute atomic E-state index is 13.4. The van der Waals surface area contributed by atoms with Gasteiger partial charge >= 0.3 is 0 Å². The molecular formula is C30H28N4O4. The highest BCUT2D eigenvalue weighted by Crippen LogP contribution is 2.34. The van der Waals surface area contributed by atoms with E-state index in [1.807, 2.05) is 47.2 Å². The van der Waals surface area contributed by atoms with Crippen molar-refractivity contribution in [1.29, 1.82) is 0 Å². The van der Waals surface area contributed by atoms with E-state index in [0.717, 1.165) is 35.3 Å².